The highest BCUT2D eigenvalue weighted by molar-refractivity contribution is 6.04. The highest BCUT2D eigenvalue weighted by Gasteiger charge is 2.15. The SMILES string of the molecule is CCC(=O)N/N=C1\CCOc2ccccc21. The van der Waals surface area contributed by atoms with Gasteiger partial charge in [-0.1, -0.05) is 19.1 Å². The third-order valence-corrected chi connectivity index (χ3v) is 2.43. The molecule has 84 valence electrons. The van der Waals surface area contributed by atoms with Gasteiger partial charge in [0, 0.05) is 18.4 Å². The Labute approximate surface area is 94.3 Å². The Morgan fingerprint density at radius 2 is 2.31 bits per heavy atom. The molecule has 0 saturated heterocycles. The predicted octanol–water partition coefficient (Wildman–Crippen LogP) is 1.70. The minimum absolute atomic E-state index is 0.0727. The molecule has 0 atom stereocenters. The summed E-state index contributed by atoms with van der Waals surface area (Å²) < 4.78 is 5.49. The average molecular weight is 218 g/mol. The van der Waals surface area contributed by atoms with Crippen LogP contribution in [0.2, 0.25) is 0 Å². The van der Waals surface area contributed by atoms with Crippen LogP contribution in [0, 0.1) is 0 Å². The lowest BCUT2D eigenvalue weighted by Gasteiger charge is -2.18. The lowest BCUT2D eigenvalue weighted by atomic mass is 10.0. The van der Waals surface area contributed by atoms with E-state index in [0.717, 1.165) is 23.4 Å². The van der Waals surface area contributed by atoms with Crippen molar-refractivity contribution in [1.29, 1.82) is 0 Å². The van der Waals surface area contributed by atoms with E-state index in [0.29, 0.717) is 13.0 Å². The highest BCUT2D eigenvalue weighted by Crippen LogP contribution is 2.24. The molecule has 4 heteroatoms. The van der Waals surface area contributed by atoms with E-state index in [1.165, 1.54) is 0 Å². The topological polar surface area (TPSA) is 50.7 Å². The van der Waals surface area contributed by atoms with Crippen LogP contribution >= 0.6 is 0 Å². The summed E-state index contributed by atoms with van der Waals surface area (Å²) in [6.07, 6.45) is 1.16. The number of hydrogen-bond acceptors (Lipinski definition) is 3. The molecule has 1 aromatic rings. The van der Waals surface area contributed by atoms with Crippen LogP contribution < -0.4 is 10.2 Å². The predicted molar refractivity (Wildman–Crippen MR) is 61.5 cm³/mol. The van der Waals surface area contributed by atoms with Crippen LogP contribution in [0.4, 0.5) is 0 Å². The Hall–Kier alpha value is -1.84. The minimum atomic E-state index is -0.0727. The van der Waals surface area contributed by atoms with Crippen LogP contribution in [0.1, 0.15) is 25.3 Å². The molecule has 4 nitrogen and oxygen atoms in total. The summed E-state index contributed by atoms with van der Waals surface area (Å²) in [5.74, 6) is 0.759. The molecule has 0 unspecified atom stereocenters. The first-order valence-electron chi connectivity index (χ1n) is 5.39. The van der Waals surface area contributed by atoms with Crippen molar-refractivity contribution in [3.8, 4) is 5.75 Å². The third kappa shape index (κ3) is 2.21. The summed E-state index contributed by atoms with van der Waals surface area (Å²) in [7, 11) is 0. The maximum Gasteiger partial charge on any atom is 0.239 e. The van der Waals surface area contributed by atoms with Gasteiger partial charge in [-0.2, -0.15) is 5.10 Å². The van der Waals surface area contributed by atoms with Gasteiger partial charge in [-0.05, 0) is 12.1 Å². The summed E-state index contributed by atoms with van der Waals surface area (Å²) in [4.78, 5) is 11.1. The van der Waals surface area contributed by atoms with E-state index in [-0.39, 0.29) is 5.91 Å². The second kappa shape index (κ2) is 4.79. The largest absolute Gasteiger partial charge is 0.492 e. The summed E-state index contributed by atoms with van der Waals surface area (Å²) in [6, 6.07) is 7.72. The standard InChI is InChI=1S/C12H14N2O2/c1-2-12(15)14-13-10-7-8-16-11-6-4-3-5-9(10)11/h3-6H,2,7-8H2,1H3,(H,14,15)/b13-10+. The number of carbonyl (C=O) groups excluding carboxylic acids is 1. The number of rotatable bonds is 2. The molecule has 16 heavy (non-hydrogen) atoms. The summed E-state index contributed by atoms with van der Waals surface area (Å²) in [5, 5.41) is 4.13. The van der Waals surface area contributed by atoms with Crippen molar-refractivity contribution in [2.75, 3.05) is 6.61 Å². The third-order valence-electron chi connectivity index (χ3n) is 2.43. The van der Waals surface area contributed by atoms with Gasteiger partial charge in [0.1, 0.15) is 5.75 Å². The molecule has 1 aromatic carbocycles. The van der Waals surface area contributed by atoms with Crippen molar-refractivity contribution in [2.45, 2.75) is 19.8 Å². The van der Waals surface area contributed by atoms with Crippen molar-refractivity contribution in [2.24, 2.45) is 5.10 Å². The molecule has 0 aromatic heterocycles. The van der Waals surface area contributed by atoms with E-state index in [2.05, 4.69) is 10.5 Å². The first-order valence-corrected chi connectivity index (χ1v) is 5.39. The Kier molecular flexibility index (Phi) is 3.19. The molecule has 0 bridgehead atoms. The average Bonchev–Trinajstić information content (AvgIpc) is 2.35. The number of carbonyl (C=O) groups is 1. The fourth-order valence-corrected chi connectivity index (χ4v) is 1.55. The number of benzene rings is 1. The molecule has 0 saturated carbocycles. The van der Waals surface area contributed by atoms with Gasteiger partial charge in [-0.3, -0.25) is 4.79 Å². The van der Waals surface area contributed by atoms with E-state index in [9.17, 15) is 4.79 Å². The Bertz CT molecular complexity index is 427. The van der Waals surface area contributed by atoms with E-state index in [4.69, 9.17) is 4.74 Å². The van der Waals surface area contributed by atoms with E-state index in [1.54, 1.807) is 6.92 Å². The van der Waals surface area contributed by atoms with Gasteiger partial charge in [-0.15, -0.1) is 0 Å². The molecule has 1 aliphatic heterocycles. The van der Waals surface area contributed by atoms with Crippen molar-refractivity contribution >= 4 is 11.6 Å². The molecule has 0 radical (unpaired) electrons. The van der Waals surface area contributed by atoms with Crippen molar-refractivity contribution in [1.82, 2.24) is 5.43 Å². The Morgan fingerprint density at radius 1 is 1.50 bits per heavy atom. The molecule has 2 rings (SSSR count). The van der Waals surface area contributed by atoms with Crippen molar-refractivity contribution in [3.63, 3.8) is 0 Å². The quantitative estimate of drug-likeness (QED) is 0.768. The van der Waals surface area contributed by atoms with Gasteiger partial charge in [0.25, 0.3) is 0 Å². The number of para-hydroxylation sites is 1. The van der Waals surface area contributed by atoms with Crippen molar-refractivity contribution < 1.29 is 9.53 Å². The number of hydrazone groups is 1. The van der Waals surface area contributed by atoms with E-state index in [1.807, 2.05) is 24.3 Å². The maximum absolute atomic E-state index is 11.1. The Morgan fingerprint density at radius 3 is 3.12 bits per heavy atom. The van der Waals surface area contributed by atoms with Crippen LogP contribution in [-0.2, 0) is 4.79 Å². The molecular weight excluding hydrogens is 204 g/mol. The van der Waals surface area contributed by atoms with Crippen LogP contribution in [0.25, 0.3) is 0 Å². The van der Waals surface area contributed by atoms with Crippen molar-refractivity contribution in [3.05, 3.63) is 29.8 Å². The zero-order valence-corrected chi connectivity index (χ0v) is 9.19. The first-order chi connectivity index (χ1) is 7.81. The lowest BCUT2D eigenvalue weighted by Crippen LogP contribution is -2.22. The lowest BCUT2D eigenvalue weighted by molar-refractivity contribution is -0.120. The number of nitrogens with one attached hydrogen (secondary N) is 1. The van der Waals surface area contributed by atoms with Gasteiger partial charge in [0.15, 0.2) is 0 Å². The first kappa shape index (κ1) is 10.7. The maximum atomic E-state index is 11.1. The number of ether oxygens (including phenoxy) is 1. The summed E-state index contributed by atoms with van der Waals surface area (Å²) >= 11 is 0. The number of fused-ring (bicyclic) bond motifs is 1. The molecule has 1 N–H and O–H groups in total. The monoisotopic (exact) mass is 218 g/mol. The second-order valence-corrected chi connectivity index (χ2v) is 3.54. The summed E-state index contributed by atoms with van der Waals surface area (Å²) in [5.41, 5.74) is 4.38. The molecular formula is C12H14N2O2. The molecule has 1 aliphatic rings. The van der Waals surface area contributed by atoms with E-state index >= 15 is 0 Å². The second-order valence-electron chi connectivity index (χ2n) is 3.54. The molecule has 0 fully saturated rings. The number of nitrogens with zero attached hydrogens (tertiary/aromatic N) is 1. The Balaban J connectivity index is 2.21. The van der Waals surface area contributed by atoms with Crippen LogP contribution in [0.5, 0.6) is 5.75 Å². The van der Waals surface area contributed by atoms with E-state index < -0.39 is 0 Å². The summed E-state index contributed by atoms with van der Waals surface area (Å²) in [6.45, 7) is 2.41. The molecule has 0 spiro atoms. The van der Waals surface area contributed by atoms with Crippen LogP contribution in [0.15, 0.2) is 29.4 Å². The fraction of sp³-hybridized carbons (Fsp3) is 0.333. The molecule has 0 aliphatic carbocycles. The van der Waals surface area contributed by atoms with Gasteiger partial charge >= 0.3 is 0 Å². The minimum Gasteiger partial charge on any atom is -0.492 e. The number of amides is 1. The molecule has 1 heterocycles. The van der Waals surface area contributed by atoms with Gasteiger partial charge < -0.3 is 4.74 Å². The fourth-order valence-electron chi connectivity index (χ4n) is 1.55. The van der Waals surface area contributed by atoms with Crippen LogP contribution in [-0.4, -0.2) is 18.2 Å². The van der Waals surface area contributed by atoms with Gasteiger partial charge in [-0.25, -0.2) is 5.43 Å². The number of hydrogen-bond donors (Lipinski definition) is 1. The highest BCUT2D eigenvalue weighted by atomic mass is 16.5. The zero-order chi connectivity index (χ0) is 11.4. The smallest absolute Gasteiger partial charge is 0.239 e. The van der Waals surface area contributed by atoms with Crippen LogP contribution in [0.3, 0.4) is 0 Å². The molecule has 1 amide bonds. The normalized spacial score (nSPS) is 16.4. The van der Waals surface area contributed by atoms with Gasteiger partial charge in [0.05, 0.1) is 12.3 Å². The van der Waals surface area contributed by atoms with Gasteiger partial charge in [0.2, 0.25) is 5.91 Å². The zero-order valence-electron chi connectivity index (χ0n) is 9.19.